The van der Waals surface area contributed by atoms with E-state index in [1.165, 1.54) is 0 Å². The number of halogens is 1. The van der Waals surface area contributed by atoms with E-state index in [0.717, 1.165) is 15.2 Å². The zero-order chi connectivity index (χ0) is 14.7. The van der Waals surface area contributed by atoms with Crippen LogP contribution < -0.4 is 4.74 Å². The highest BCUT2D eigenvalue weighted by atomic mass is 79.9. The van der Waals surface area contributed by atoms with Gasteiger partial charge in [-0.2, -0.15) is 0 Å². The first kappa shape index (κ1) is 13.8. The summed E-state index contributed by atoms with van der Waals surface area (Å²) < 4.78 is 6.40. The molecule has 0 fully saturated rings. The van der Waals surface area contributed by atoms with Gasteiger partial charge in [-0.1, -0.05) is 64.5 Å². The standard InChI is InChI=1S/C18H13BrO2/c19-17-8-4-3-7-16(17)18(20)12-21-15-10-9-13-5-1-2-6-14(13)11-15/h1-11H,12H2. The predicted molar refractivity (Wildman–Crippen MR) is 87.9 cm³/mol. The van der Waals surface area contributed by atoms with Gasteiger partial charge in [0, 0.05) is 10.0 Å². The van der Waals surface area contributed by atoms with Crippen molar-refractivity contribution in [2.45, 2.75) is 0 Å². The number of ketones is 1. The fraction of sp³-hybridized carbons (Fsp3) is 0.0556. The van der Waals surface area contributed by atoms with Crippen LogP contribution in [0, 0.1) is 0 Å². The molecule has 0 amide bonds. The lowest BCUT2D eigenvalue weighted by Crippen LogP contribution is -2.12. The molecule has 0 bridgehead atoms. The molecule has 2 nitrogen and oxygen atoms in total. The maximum Gasteiger partial charge on any atom is 0.201 e. The van der Waals surface area contributed by atoms with Crippen LogP contribution >= 0.6 is 15.9 Å². The van der Waals surface area contributed by atoms with Crippen molar-refractivity contribution in [2.75, 3.05) is 6.61 Å². The summed E-state index contributed by atoms with van der Waals surface area (Å²) in [4.78, 5) is 12.1. The minimum absolute atomic E-state index is 0.0287. The topological polar surface area (TPSA) is 26.3 Å². The summed E-state index contributed by atoms with van der Waals surface area (Å²) in [6, 6.07) is 21.2. The Morgan fingerprint density at radius 2 is 1.62 bits per heavy atom. The zero-order valence-corrected chi connectivity index (χ0v) is 12.8. The van der Waals surface area contributed by atoms with E-state index in [2.05, 4.69) is 15.9 Å². The van der Waals surface area contributed by atoms with E-state index >= 15 is 0 Å². The van der Waals surface area contributed by atoms with Crippen LogP contribution in [0.2, 0.25) is 0 Å². The van der Waals surface area contributed by atoms with E-state index in [9.17, 15) is 4.79 Å². The molecule has 0 spiro atoms. The number of carbonyl (C=O) groups excluding carboxylic acids is 1. The Morgan fingerprint density at radius 1 is 0.905 bits per heavy atom. The first-order valence-electron chi connectivity index (χ1n) is 6.63. The molecule has 0 aliphatic rings. The van der Waals surface area contributed by atoms with Crippen LogP contribution in [-0.2, 0) is 0 Å². The molecular weight excluding hydrogens is 328 g/mol. The third-order valence-electron chi connectivity index (χ3n) is 3.27. The van der Waals surface area contributed by atoms with E-state index in [4.69, 9.17) is 4.74 Å². The Morgan fingerprint density at radius 3 is 2.43 bits per heavy atom. The molecule has 0 aromatic heterocycles. The maximum atomic E-state index is 12.1. The van der Waals surface area contributed by atoms with Crippen LogP contribution in [0.5, 0.6) is 5.75 Å². The summed E-state index contributed by atoms with van der Waals surface area (Å²) in [5, 5.41) is 2.25. The normalized spacial score (nSPS) is 10.5. The molecule has 0 N–H and O–H groups in total. The Bertz CT molecular complexity index is 796. The summed E-state index contributed by atoms with van der Waals surface area (Å²) >= 11 is 3.38. The van der Waals surface area contributed by atoms with Crippen LogP contribution in [0.1, 0.15) is 10.4 Å². The van der Waals surface area contributed by atoms with Crippen molar-refractivity contribution in [1.29, 1.82) is 0 Å². The lowest BCUT2D eigenvalue weighted by molar-refractivity contribution is 0.0921. The predicted octanol–water partition coefficient (Wildman–Crippen LogP) is 4.86. The van der Waals surface area contributed by atoms with Gasteiger partial charge >= 0.3 is 0 Å². The zero-order valence-electron chi connectivity index (χ0n) is 11.3. The van der Waals surface area contributed by atoms with Crippen molar-refractivity contribution < 1.29 is 9.53 Å². The van der Waals surface area contributed by atoms with Gasteiger partial charge in [-0.05, 0) is 29.0 Å². The minimum atomic E-state index is -0.0457. The first-order chi connectivity index (χ1) is 10.2. The number of Topliss-reactive ketones (excluding diaryl/α,β-unsaturated/α-hetero) is 1. The maximum absolute atomic E-state index is 12.1. The van der Waals surface area contributed by atoms with Gasteiger partial charge in [0.1, 0.15) is 5.75 Å². The molecule has 0 aliphatic heterocycles. The molecule has 0 atom stereocenters. The van der Waals surface area contributed by atoms with E-state index in [-0.39, 0.29) is 12.4 Å². The fourth-order valence-corrected chi connectivity index (χ4v) is 2.68. The van der Waals surface area contributed by atoms with Crippen LogP contribution in [0.15, 0.2) is 71.2 Å². The van der Waals surface area contributed by atoms with Crippen LogP contribution in [0.3, 0.4) is 0 Å². The van der Waals surface area contributed by atoms with Gasteiger partial charge in [0.25, 0.3) is 0 Å². The molecule has 21 heavy (non-hydrogen) atoms. The van der Waals surface area contributed by atoms with Crippen molar-refractivity contribution >= 4 is 32.5 Å². The van der Waals surface area contributed by atoms with Crippen LogP contribution in [0.4, 0.5) is 0 Å². The van der Waals surface area contributed by atoms with E-state index in [1.807, 2.05) is 60.7 Å². The quantitative estimate of drug-likeness (QED) is 0.633. The molecule has 0 heterocycles. The van der Waals surface area contributed by atoms with E-state index in [0.29, 0.717) is 11.3 Å². The number of ether oxygens (including phenoxy) is 1. The fourth-order valence-electron chi connectivity index (χ4n) is 2.17. The third-order valence-corrected chi connectivity index (χ3v) is 3.96. The van der Waals surface area contributed by atoms with E-state index < -0.39 is 0 Å². The number of benzene rings is 3. The van der Waals surface area contributed by atoms with Gasteiger partial charge in [-0.3, -0.25) is 4.79 Å². The smallest absolute Gasteiger partial charge is 0.201 e. The minimum Gasteiger partial charge on any atom is -0.485 e. The van der Waals surface area contributed by atoms with Gasteiger partial charge in [0.15, 0.2) is 6.61 Å². The van der Waals surface area contributed by atoms with Crippen molar-refractivity contribution in [3.05, 3.63) is 76.8 Å². The summed E-state index contributed by atoms with van der Waals surface area (Å²) in [5.41, 5.74) is 0.637. The number of rotatable bonds is 4. The van der Waals surface area contributed by atoms with Gasteiger partial charge in [0.2, 0.25) is 5.78 Å². The lowest BCUT2D eigenvalue weighted by Gasteiger charge is -2.08. The third kappa shape index (κ3) is 3.14. The van der Waals surface area contributed by atoms with Gasteiger partial charge in [0.05, 0.1) is 0 Å². The second-order valence-corrected chi connectivity index (χ2v) is 5.55. The summed E-state index contributed by atoms with van der Waals surface area (Å²) in [6.07, 6.45) is 0. The Labute approximate surface area is 131 Å². The lowest BCUT2D eigenvalue weighted by atomic mass is 10.1. The highest BCUT2D eigenvalue weighted by molar-refractivity contribution is 9.10. The van der Waals surface area contributed by atoms with Crippen molar-refractivity contribution in [3.8, 4) is 5.75 Å². The highest BCUT2D eigenvalue weighted by Gasteiger charge is 2.10. The summed E-state index contributed by atoms with van der Waals surface area (Å²) in [7, 11) is 0. The molecule has 3 heteroatoms. The monoisotopic (exact) mass is 340 g/mol. The van der Waals surface area contributed by atoms with Crippen molar-refractivity contribution in [1.82, 2.24) is 0 Å². The van der Waals surface area contributed by atoms with Gasteiger partial charge in [-0.25, -0.2) is 0 Å². The molecule has 0 saturated heterocycles. The van der Waals surface area contributed by atoms with Gasteiger partial charge < -0.3 is 4.74 Å². The molecule has 0 radical (unpaired) electrons. The Kier molecular flexibility index (Phi) is 4.02. The molecule has 104 valence electrons. The average Bonchev–Trinajstić information content (AvgIpc) is 2.53. The van der Waals surface area contributed by atoms with Crippen LogP contribution in [-0.4, -0.2) is 12.4 Å². The summed E-state index contributed by atoms with van der Waals surface area (Å²) in [6.45, 7) is 0.0287. The number of fused-ring (bicyclic) bond motifs is 1. The molecular formula is C18H13BrO2. The molecule has 3 rings (SSSR count). The molecule has 0 unspecified atom stereocenters. The van der Waals surface area contributed by atoms with E-state index in [1.54, 1.807) is 6.07 Å². The van der Waals surface area contributed by atoms with Crippen molar-refractivity contribution in [2.24, 2.45) is 0 Å². The Balaban J connectivity index is 1.74. The van der Waals surface area contributed by atoms with Gasteiger partial charge in [-0.15, -0.1) is 0 Å². The average molecular weight is 341 g/mol. The van der Waals surface area contributed by atoms with Crippen molar-refractivity contribution in [3.63, 3.8) is 0 Å². The highest BCUT2D eigenvalue weighted by Crippen LogP contribution is 2.21. The summed E-state index contributed by atoms with van der Waals surface area (Å²) in [5.74, 6) is 0.657. The molecule has 0 aliphatic carbocycles. The number of carbonyl (C=O) groups is 1. The molecule has 3 aromatic carbocycles. The van der Waals surface area contributed by atoms with Crippen LogP contribution in [0.25, 0.3) is 10.8 Å². The largest absolute Gasteiger partial charge is 0.485 e. The Hall–Kier alpha value is -2.13. The molecule has 3 aromatic rings. The number of hydrogen-bond donors (Lipinski definition) is 0. The number of hydrogen-bond acceptors (Lipinski definition) is 2. The first-order valence-corrected chi connectivity index (χ1v) is 7.43. The SMILES string of the molecule is O=C(COc1ccc2ccccc2c1)c1ccccc1Br. The second-order valence-electron chi connectivity index (χ2n) is 4.70. The second kappa shape index (κ2) is 6.10. The molecule has 0 saturated carbocycles.